The van der Waals surface area contributed by atoms with Crippen molar-refractivity contribution in [3.8, 4) is 17.6 Å². The number of hydrogen-bond acceptors (Lipinski definition) is 4. The topological polar surface area (TPSA) is 79.6 Å². The third kappa shape index (κ3) is 3.54. The number of ether oxygens (including phenoxy) is 2. The molecule has 0 heterocycles. The molecule has 0 saturated heterocycles. The van der Waals surface area contributed by atoms with Gasteiger partial charge >= 0.3 is 5.97 Å². The number of hydrogen-bond donors (Lipinski definition) is 1. The predicted octanol–water partition coefficient (Wildman–Crippen LogP) is 1.70. The number of para-hydroxylation sites is 1. The first-order valence-corrected chi connectivity index (χ1v) is 4.76. The van der Waals surface area contributed by atoms with Gasteiger partial charge in [0.1, 0.15) is 6.07 Å². The number of carbonyl (C=O) groups is 1. The summed E-state index contributed by atoms with van der Waals surface area (Å²) in [7, 11) is 1.47. The Bertz CT molecular complexity index is 474. The molecule has 0 aromatic heterocycles. The van der Waals surface area contributed by atoms with Gasteiger partial charge in [-0.25, -0.2) is 4.79 Å². The lowest BCUT2D eigenvalue weighted by atomic mass is 10.1. The Morgan fingerprint density at radius 2 is 2.35 bits per heavy atom. The molecular formula is C12H11NO4. The quantitative estimate of drug-likeness (QED) is 0.783. The molecule has 1 rings (SSSR count). The van der Waals surface area contributed by atoms with Crippen LogP contribution in [0.25, 0.3) is 6.08 Å². The van der Waals surface area contributed by atoms with Gasteiger partial charge in [-0.15, -0.1) is 0 Å². The molecule has 0 saturated carbocycles. The minimum atomic E-state index is -1.06. The molecule has 0 amide bonds. The van der Waals surface area contributed by atoms with Crippen LogP contribution in [0.1, 0.15) is 5.56 Å². The maximum Gasteiger partial charge on any atom is 0.328 e. The van der Waals surface area contributed by atoms with E-state index in [-0.39, 0.29) is 6.61 Å². The molecule has 0 spiro atoms. The maximum absolute atomic E-state index is 10.4. The molecule has 0 aliphatic heterocycles. The van der Waals surface area contributed by atoms with Gasteiger partial charge in [0.05, 0.1) is 7.11 Å². The molecule has 0 unspecified atom stereocenters. The van der Waals surface area contributed by atoms with Gasteiger partial charge in [0, 0.05) is 11.6 Å². The highest BCUT2D eigenvalue weighted by molar-refractivity contribution is 5.86. The number of methoxy groups -OCH3 is 1. The molecule has 0 bridgehead atoms. The van der Waals surface area contributed by atoms with E-state index in [1.165, 1.54) is 13.2 Å². The fraction of sp³-hybridized carbons (Fsp3) is 0.167. The first-order chi connectivity index (χ1) is 8.19. The lowest BCUT2D eigenvalue weighted by Gasteiger charge is -2.10. The fourth-order valence-corrected chi connectivity index (χ4v) is 1.24. The van der Waals surface area contributed by atoms with E-state index in [0.717, 1.165) is 6.08 Å². The van der Waals surface area contributed by atoms with E-state index in [1.807, 2.05) is 6.07 Å². The molecule has 0 radical (unpaired) electrons. The summed E-state index contributed by atoms with van der Waals surface area (Å²) >= 11 is 0. The first kappa shape index (κ1) is 12.6. The minimum Gasteiger partial charge on any atom is -0.493 e. The number of carboxylic acid groups (broad SMARTS) is 1. The van der Waals surface area contributed by atoms with Crippen LogP contribution < -0.4 is 9.47 Å². The van der Waals surface area contributed by atoms with Crippen molar-refractivity contribution in [3.05, 3.63) is 29.8 Å². The molecule has 1 N–H and O–H groups in total. The fourth-order valence-electron chi connectivity index (χ4n) is 1.24. The second-order valence-corrected chi connectivity index (χ2v) is 3.00. The molecule has 0 fully saturated rings. The third-order valence-corrected chi connectivity index (χ3v) is 1.92. The van der Waals surface area contributed by atoms with E-state index < -0.39 is 5.97 Å². The summed E-state index contributed by atoms with van der Waals surface area (Å²) in [5, 5.41) is 17.0. The lowest BCUT2D eigenvalue weighted by Crippen LogP contribution is -1.99. The molecule has 0 atom stereocenters. The average Bonchev–Trinajstić information content (AvgIpc) is 2.33. The van der Waals surface area contributed by atoms with Crippen LogP contribution in [-0.2, 0) is 4.79 Å². The molecule has 0 aliphatic rings. The van der Waals surface area contributed by atoms with Gasteiger partial charge < -0.3 is 14.6 Å². The Balaban J connectivity index is 3.10. The summed E-state index contributed by atoms with van der Waals surface area (Å²) in [6, 6.07) is 6.90. The smallest absolute Gasteiger partial charge is 0.328 e. The molecule has 17 heavy (non-hydrogen) atoms. The van der Waals surface area contributed by atoms with Crippen LogP contribution in [0.15, 0.2) is 24.3 Å². The van der Waals surface area contributed by atoms with Crippen molar-refractivity contribution < 1.29 is 19.4 Å². The Morgan fingerprint density at radius 3 is 2.94 bits per heavy atom. The van der Waals surface area contributed by atoms with Crippen molar-refractivity contribution in [2.75, 3.05) is 13.7 Å². The Hall–Kier alpha value is -2.48. The second-order valence-electron chi connectivity index (χ2n) is 3.00. The summed E-state index contributed by atoms with van der Waals surface area (Å²) < 4.78 is 10.3. The van der Waals surface area contributed by atoms with Crippen LogP contribution in [0.4, 0.5) is 0 Å². The number of nitriles is 1. The Morgan fingerprint density at radius 1 is 1.59 bits per heavy atom. The zero-order chi connectivity index (χ0) is 12.7. The van der Waals surface area contributed by atoms with Gasteiger partial charge in [-0.3, -0.25) is 0 Å². The highest BCUT2D eigenvalue weighted by atomic mass is 16.5. The van der Waals surface area contributed by atoms with Gasteiger partial charge in [0.2, 0.25) is 0 Å². The minimum absolute atomic E-state index is 0.131. The Kier molecular flexibility index (Phi) is 4.58. The van der Waals surface area contributed by atoms with E-state index >= 15 is 0 Å². The summed E-state index contributed by atoms with van der Waals surface area (Å²) in [6.07, 6.45) is 2.38. The van der Waals surface area contributed by atoms with E-state index in [9.17, 15) is 4.79 Å². The molecule has 1 aromatic carbocycles. The van der Waals surface area contributed by atoms with Crippen molar-refractivity contribution in [2.45, 2.75) is 0 Å². The SMILES string of the molecule is COc1cccc(/C=C/C(=O)O)c1OCC#N. The van der Waals surface area contributed by atoms with Crippen LogP contribution in [0.5, 0.6) is 11.5 Å². The zero-order valence-corrected chi connectivity index (χ0v) is 9.21. The molecule has 5 nitrogen and oxygen atoms in total. The van der Waals surface area contributed by atoms with Crippen LogP contribution in [0.2, 0.25) is 0 Å². The first-order valence-electron chi connectivity index (χ1n) is 4.76. The van der Waals surface area contributed by atoms with Gasteiger partial charge in [-0.2, -0.15) is 5.26 Å². The average molecular weight is 233 g/mol. The van der Waals surface area contributed by atoms with Crippen LogP contribution in [-0.4, -0.2) is 24.8 Å². The number of nitrogens with zero attached hydrogens (tertiary/aromatic N) is 1. The molecule has 1 aromatic rings. The van der Waals surface area contributed by atoms with Crippen molar-refractivity contribution in [1.29, 1.82) is 5.26 Å². The number of benzene rings is 1. The van der Waals surface area contributed by atoms with E-state index in [0.29, 0.717) is 17.1 Å². The second kappa shape index (κ2) is 6.18. The highest BCUT2D eigenvalue weighted by Gasteiger charge is 2.08. The van der Waals surface area contributed by atoms with E-state index in [1.54, 1.807) is 18.2 Å². The largest absolute Gasteiger partial charge is 0.493 e. The predicted molar refractivity (Wildman–Crippen MR) is 60.8 cm³/mol. The van der Waals surface area contributed by atoms with Crippen LogP contribution >= 0.6 is 0 Å². The standard InChI is InChI=1S/C12H11NO4/c1-16-10-4-2-3-9(5-6-11(14)15)12(10)17-8-7-13/h2-6H,8H2,1H3,(H,14,15)/b6-5+. The van der Waals surface area contributed by atoms with Gasteiger partial charge in [0.25, 0.3) is 0 Å². The summed E-state index contributed by atoms with van der Waals surface area (Å²) in [6.45, 7) is -0.131. The third-order valence-electron chi connectivity index (χ3n) is 1.92. The van der Waals surface area contributed by atoms with Crippen molar-refractivity contribution in [3.63, 3.8) is 0 Å². The number of aliphatic carboxylic acids is 1. The lowest BCUT2D eigenvalue weighted by molar-refractivity contribution is -0.131. The van der Waals surface area contributed by atoms with E-state index in [2.05, 4.69) is 0 Å². The zero-order valence-electron chi connectivity index (χ0n) is 9.21. The number of carboxylic acids is 1. The van der Waals surface area contributed by atoms with Crippen LogP contribution in [0, 0.1) is 11.3 Å². The Labute approximate surface area is 98.5 Å². The molecule has 0 aliphatic carbocycles. The van der Waals surface area contributed by atoms with Gasteiger partial charge in [-0.05, 0) is 12.1 Å². The highest BCUT2D eigenvalue weighted by Crippen LogP contribution is 2.31. The van der Waals surface area contributed by atoms with E-state index in [4.69, 9.17) is 19.8 Å². The molecule has 88 valence electrons. The number of rotatable bonds is 5. The molecule has 5 heteroatoms. The van der Waals surface area contributed by atoms with Crippen molar-refractivity contribution in [2.24, 2.45) is 0 Å². The monoisotopic (exact) mass is 233 g/mol. The van der Waals surface area contributed by atoms with Crippen LogP contribution in [0.3, 0.4) is 0 Å². The summed E-state index contributed by atoms with van der Waals surface area (Å²) in [5.74, 6) is -0.249. The van der Waals surface area contributed by atoms with Gasteiger partial charge in [-0.1, -0.05) is 12.1 Å². The van der Waals surface area contributed by atoms with Gasteiger partial charge in [0.15, 0.2) is 18.1 Å². The normalized spacial score (nSPS) is 9.88. The summed E-state index contributed by atoms with van der Waals surface area (Å²) in [5.41, 5.74) is 0.544. The maximum atomic E-state index is 10.4. The molecular weight excluding hydrogens is 222 g/mol. The summed E-state index contributed by atoms with van der Waals surface area (Å²) in [4.78, 5) is 10.4. The van der Waals surface area contributed by atoms with Crippen molar-refractivity contribution >= 4 is 12.0 Å². The van der Waals surface area contributed by atoms with Crippen molar-refractivity contribution in [1.82, 2.24) is 0 Å².